The van der Waals surface area contributed by atoms with E-state index in [1.165, 1.54) is 19.2 Å². The summed E-state index contributed by atoms with van der Waals surface area (Å²) >= 11 is 0. The monoisotopic (exact) mass is 376 g/mol. The van der Waals surface area contributed by atoms with Crippen molar-refractivity contribution in [3.05, 3.63) is 18.2 Å². The van der Waals surface area contributed by atoms with Crippen LogP contribution in [0.1, 0.15) is 27.2 Å². The minimum absolute atomic E-state index is 0.0208. The van der Waals surface area contributed by atoms with Crippen molar-refractivity contribution in [1.29, 1.82) is 0 Å². The standard InChI is InChI=1S/C14H20N2O6S2/c1-14(2,3)15-24(20,21)12-9-10(5-6-11(12)22-4)16-13(17)7-8-23(16,18)19/h5-6,9,15H,7-8H2,1-4H3. The molecule has 0 unspecified atom stereocenters. The van der Waals surface area contributed by atoms with E-state index in [0.717, 1.165) is 6.07 Å². The van der Waals surface area contributed by atoms with Crippen molar-refractivity contribution >= 4 is 31.6 Å². The van der Waals surface area contributed by atoms with Gasteiger partial charge in [-0.3, -0.25) is 4.79 Å². The first-order valence-electron chi connectivity index (χ1n) is 7.15. The number of hydrogen-bond donors (Lipinski definition) is 1. The minimum atomic E-state index is -3.98. The lowest BCUT2D eigenvalue weighted by Gasteiger charge is -2.22. The maximum Gasteiger partial charge on any atom is 0.244 e. The number of anilines is 1. The molecule has 2 rings (SSSR count). The molecular weight excluding hydrogens is 356 g/mol. The molecule has 24 heavy (non-hydrogen) atoms. The third-order valence-corrected chi connectivity index (χ3v) is 6.66. The van der Waals surface area contributed by atoms with Gasteiger partial charge in [0.1, 0.15) is 10.6 Å². The molecule has 134 valence electrons. The van der Waals surface area contributed by atoms with E-state index in [-0.39, 0.29) is 28.5 Å². The minimum Gasteiger partial charge on any atom is -0.495 e. The average Bonchev–Trinajstić information content (AvgIpc) is 2.69. The maximum absolute atomic E-state index is 12.6. The number of nitrogens with zero attached hydrogens (tertiary/aromatic N) is 1. The number of benzene rings is 1. The summed E-state index contributed by atoms with van der Waals surface area (Å²) in [6.45, 7) is 5.03. The number of methoxy groups -OCH3 is 1. The number of carbonyl (C=O) groups excluding carboxylic acids is 1. The normalized spacial score (nSPS) is 18.0. The van der Waals surface area contributed by atoms with Crippen molar-refractivity contribution in [2.75, 3.05) is 17.2 Å². The third kappa shape index (κ3) is 3.70. The summed E-state index contributed by atoms with van der Waals surface area (Å²) in [4.78, 5) is 11.7. The van der Waals surface area contributed by atoms with Gasteiger partial charge in [-0.1, -0.05) is 0 Å². The molecule has 10 heteroatoms. The molecule has 1 aromatic rings. The molecule has 0 atom stereocenters. The average molecular weight is 376 g/mol. The summed E-state index contributed by atoms with van der Waals surface area (Å²) in [5.41, 5.74) is -0.761. The molecular formula is C14H20N2O6S2. The fraction of sp³-hybridized carbons (Fsp3) is 0.500. The van der Waals surface area contributed by atoms with Crippen LogP contribution >= 0.6 is 0 Å². The SMILES string of the molecule is COc1ccc(N2C(=O)CCS2(=O)=O)cc1S(=O)(=O)NC(C)(C)C. The van der Waals surface area contributed by atoms with Crippen LogP contribution in [-0.4, -0.2) is 41.1 Å². The fourth-order valence-corrected chi connectivity index (χ4v) is 5.39. The topological polar surface area (TPSA) is 110 Å². The van der Waals surface area contributed by atoms with Crippen molar-refractivity contribution in [2.45, 2.75) is 37.6 Å². The summed E-state index contributed by atoms with van der Waals surface area (Å²) in [6, 6.07) is 3.80. The second kappa shape index (κ2) is 6.01. The van der Waals surface area contributed by atoms with Gasteiger partial charge >= 0.3 is 0 Å². The van der Waals surface area contributed by atoms with Gasteiger partial charge in [0.05, 0.1) is 18.6 Å². The van der Waals surface area contributed by atoms with Gasteiger partial charge in [0.15, 0.2) is 0 Å². The zero-order valence-corrected chi connectivity index (χ0v) is 15.5. The first kappa shape index (κ1) is 18.7. The Hall–Kier alpha value is -1.65. The van der Waals surface area contributed by atoms with Gasteiger partial charge in [0.25, 0.3) is 0 Å². The van der Waals surface area contributed by atoms with Gasteiger partial charge in [-0.15, -0.1) is 0 Å². The van der Waals surface area contributed by atoms with Crippen molar-refractivity contribution in [3.63, 3.8) is 0 Å². The van der Waals surface area contributed by atoms with Crippen LogP contribution in [0, 0.1) is 0 Å². The van der Waals surface area contributed by atoms with E-state index in [9.17, 15) is 21.6 Å². The van der Waals surface area contributed by atoms with Gasteiger partial charge in [-0.2, -0.15) is 0 Å². The van der Waals surface area contributed by atoms with E-state index in [4.69, 9.17) is 4.74 Å². The number of sulfonamides is 2. The molecule has 1 amide bonds. The fourth-order valence-electron chi connectivity index (χ4n) is 2.33. The molecule has 1 aliphatic rings. The molecule has 1 saturated heterocycles. The highest BCUT2D eigenvalue weighted by Crippen LogP contribution is 2.32. The zero-order valence-electron chi connectivity index (χ0n) is 13.9. The van der Waals surface area contributed by atoms with E-state index in [2.05, 4.69) is 4.72 Å². The van der Waals surface area contributed by atoms with Crippen LogP contribution in [-0.2, 0) is 24.8 Å². The van der Waals surface area contributed by atoms with E-state index < -0.39 is 31.5 Å². The molecule has 1 aliphatic heterocycles. The summed E-state index contributed by atoms with van der Waals surface area (Å²) < 4.78 is 57.4. The van der Waals surface area contributed by atoms with Gasteiger partial charge in [0, 0.05) is 12.0 Å². The number of carbonyl (C=O) groups is 1. The first-order valence-corrected chi connectivity index (χ1v) is 10.2. The smallest absolute Gasteiger partial charge is 0.244 e. The number of rotatable bonds is 4. The van der Waals surface area contributed by atoms with Crippen LogP contribution in [0.25, 0.3) is 0 Å². The highest BCUT2D eigenvalue weighted by Gasteiger charge is 2.37. The van der Waals surface area contributed by atoms with E-state index in [0.29, 0.717) is 4.31 Å². The Morgan fingerprint density at radius 1 is 1.25 bits per heavy atom. The van der Waals surface area contributed by atoms with Crippen LogP contribution in [0.2, 0.25) is 0 Å². The molecule has 0 spiro atoms. The van der Waals surface area contributed by atoms with Gasteiger partial charge in [0.2, 0.25) is 26.0 Å². The van der Waals surface area contributed by atoms with Crippen molar-refractivity contribution in [1.82, 2.24) is 4.72 Å². The molecule has 8 nitrogen and oxygen atoms in total. The summed E-state index contributed by atoms with van der Waals surface area (Å²) in [7, 11) is -6.45. The molecule has 1 heterocycles. The maximum atomic E-state index is 12.6. The number of ether oxygens (including phenoxy) is 1. The Balaban J connectivity index is 2.59. The highest BCUT2D eigenvalue weighted by molar-refractivity contribution is 7.94. The predicted molar refractivity (Wildman–Crippen MR) is 89.0 cm³/mol. The summed E-state index contributed by atoms with van der Waals surface area (Å²) in [6.07, 6.45) is -0.128. The molecule has 1 aromatic carbocycles. The second-order valence-corrected chi connectivity index (χ2v) is 10.0. The predicted octanol–water partition coefficient (Wildman–Crippen LogP) is 0.838. The quantitative estimate of drug-likeness (QED) is 0.834. The van der Waals surface area contributed by atoms with Crippen LogP contribution in [0.3, 0.4) is 0 Å². The van der Waals surface area contributed by atoms with Crippen LogP contribution < -0.4 is 13.8 Å². The van der Waals surface area contributed by atoms with E-state index in [1.54, 1.807) is 20.8 Å². The first-order chi connectivity index (χ1) is 10.9. The number of amides is 1. The summed E-state index contributed by atoms with van der Waals surface area (Å²) in [5, 5.41) is 0. The van der Waals surface area contributed by atoms with E-state index >= 15 is 0 Å². The molecule has 0 radical (unpaired) electrons. The Kier molecular flexibility index (Phi) is 4.68. The van der Waals surface area contributed by atoms with Gasteiger partial charge < -0.3 is 4.74 Å². The molecule has 1 fully saturated rings. The van der Waals surface area contributed by atoms with Crippen LogP contribution in [0.15, 0.2) is 23.1 Å². The lowest BCUT2D eigenvalue weighted by molar-refractivity contribution is -0.116. The molecule has 0 bridgehead atoms. The third-order valence-electron chi connectivity index (χ3n) is 3.19. The lowest BCUT2D eigenvalue weighted by Crippen LogP contribution is -2.40. The van der Waals surface area contributed by atoms with Crippen molar-refractivity contribution in [3.8, 4) is 5.75 Å². The largest absolute Gasteiger partial charge is 0.495 e. The van der Waals surface area contributed by atoms with Gasteiger partial charge in [-0.05, 0) is 39.0 Å². The number of hydrogen-bond acceptors (Lipinski definition) is 6. The van der Waals surface area contributed by atoms with Crippen molar-refractivity contribution < 1.29 is 26.4 Å². The Bertz CT molecular complexity index is 869. The zero-order chi connectivity index (χ0) is 18.3. The Morgan fingerprint density at radius 3 is 2.33 bits per heavy atom. The summed E-state index contributed by atoms with van der Waals surface area (Å²) in [5.74, 6) is -0.827. The molecule has 1 N–H and O–H groups in total. The molecule has 0 saturated carbocycles. The van der Waals surface area contributed by atoms with Crippen LogP contribution in [0.4, 0.5) is 5.69 Å². The van der Waals surface area contributed by atoms with Crippen molar-refractivity contribution in [2.24, 2.45) is 0 Å². The highest BCUT2D eigenvalue weighted by atomic mass is 32.2. The molecule has 0 aliphatic carbocycles. The van der Waals surface area contributed by atoms with E-state index in [1.807, 2.05) is 0 Å². The van der Waals surface area contributed by atoms with Gasteiger partial charge in [-0.25, -0.2) is 25.9 Å². The lowest BCUT2D eigenvalue weighted by atomic mass is 10.1. The van der Waals surface area contributed by atoms with Crippen LogP contribution in [0.5, 0.6) is 5.75 Å². The molecule has 0 aromatic heterocycles. The second-order valence-electron chi connectivity index (χ2n) is 6.41. The number of nitrogens with one attached hydrogen (secondary N) is 1. The Labute approximate surface area is 141 Å². The Morgan fingerprint density at radius 2 is 1.88 bits per heavy atom.